The van der Waals surface area contributed by atoms with Crippen LogP contribution in [0.1, 0.15) is 10.5 Å². The topological polar surface area (TPSA) is 91.7 Å². The van der Waals surface area contributed by atoms with Gasteiger partial charge >= 0.3 is 0 Å². The van der Waals surface area contributed by atoms with E-state index in [1.807, 2.05) is 0 Å². The highest BCUT2D eigenvalue weighted by Crippen LogP contribution is 2.38. The van der Waals surface area contributed by atoms with Crippen LogP contribution in [0.2, 0.25) is 0 Å². The molecular formula is C16H16BrN3O5. The number of carbonyl (C=O) groups is 1. The van der Waals surface area contributed by atoms with E-state index in [-0.39, 0.29) is 17.8 Å². The van der Waals surface area contributed by atoms with E-state index in [9.17, 15) is 9.59 Å². The maximum atomic E-state index is 12.5. The average Bonchev–Trinajstić information content (AvgIpc) is 2.61. The number of hydrogen-bond acceptors (Lipinski definition) is 6. The lowest BCUT2D eigenvalue weighted by molar-refractivity contribution is 0.101. The first-order valence-corrected chi connectivity index (χ1v) is 8.35. The summed E-state index contributed by atoms with van der Waals surface area (Å²) in [6.45, 7) is 1.53. The summed E-state index contributed by atoms with van der Waals surface area (Å²) in [6.07, 6.45) is 0. The van der Waals surface area contributed by atoms with Crippen LogP contribution < -0.4 is 20.3 Å². The third-order valence-corrected chi connectivity index (χ3v) is 4.14. The van der Waals surface area contributed by atoms with Gasteiger partial charge in [0, 0.05) is 29.8 Å². The summed E-state index contributed by atoms with van der Waals surface area (Å²) in [5, 5.41) is 6.81. The predicted molar refractivity (Wildman–Crippen MR) is 93.5 cm³/mol. The molecule has 2 heterocycles. The molecule has 9 heteroatoms. The van der Waals surface area contributed by atoms with E-state index >= 15 is 0 Å². The minimum Gasteiger partial charge on any atom is -0.486 e. The molecule has 0 atom stereocenters. The first-order chi connectivity index (χ1) is 12.1. The summed E-state index contributed by atoms with van der Waals surface area (Å²) in [5.74, 6) is 0.730. The number of amides is 1. The first kappa shape index (κ1) is 17.4. The van der Waals surface area contributed by atoms with Gasteiger partial charge in [-0.05, 0) is 22.0 Å². The fourth-order valence-corrected chi connectivity index (χ4v) is 2.68. The second-order valence-corrected chi connectivity index (χ2v) is 6.06. The summed E-state index contributed by atoms with van der Waals surface area (Å²) in [5.41, 5.74) is 0.345. The molecule has 1 amide bonds. The van der Waals surface area contributed by atoms with Gasteiger partial charge in [-0.1, -0.05) is 0 Å². The number of anilines is 1. The number of ether oxygens (including phenoxy) is 3. The summed E-state index contributed by atoms with van der Waals surface area (Å²) < 4.78 is 17.8. The van der Waals surface area contributed by atoms with Crippen LogP contribution in [0.5, 0.6) is 11.5 Å². The molecule has 3 rings (SSSR count). The van der Waals surface area contributed by atoms with Crippen molar-refractivity contribution in [1.82, 2.24) is 9.78 Å². The monoisotopic (exact) mass is 409 g/mol. The third-order valence-electron chi connectivity index (χ3n) is 3.49. The molecule has 2 aromatic rings. The highest BCUT2D eigenvalue weighted by molar-refractivity contribution is 9.10. The standard InChI is InChI=1S/C16H16BrN3O5/c1-23-5-4-20-15(21)3-2-11(19-20)16(22)18-12-9-14-13(8-10(12)17)24-6-7-25-14/h2-3,8-9H,4-7H2,1H3,(H,18,22). The molecule has 1 N–H and O–H groups in total. The fraction of sp³-hybridized carbons (Fsp3) is 0.312. The first-order valence-electron chi connectivity index (χ1n) is 7.56. The van der Waals surface area contributed by atoms with E-state index < -0.39 is 5.91 Å². The fourth-order valence-electron chi connectivity index (χ4n) is 2.25. The highest BCUT2D eigenvalue weighted by atomic mass is 79.9. The van der Waals surface area contributed by atoms with E-state index in [1.165, 1.54) is 23.9 Å². The molecule has 1 aromatic heterocycles. The lowest BCUT2D eigenvalue weighted by Gasteiger charge is -2.20. The van der Waals surface area contributed by atoms with E-state index in [1.54, 1.807) is 12.1 Å². The maximum absolute atomic E-state index is 12.5. The Kier molecular flexibility index (Phi) is 5.34. The molecule has 132 valence electrons. The van der Waals surface area contributed by atoms with Crippen molar-refractivity contribution in [2.24, 2.45) is 0 Å². The molecule has 1 aliphatic rings. The third kappa shape index (κ3) is 3.99. The van der Waals surface area contributed by atoms with E-state index in [0.717, 1.165) is 0 Å². The van der Waals surface area contributed by atoms with Crippen molar-refractivity contribution in [3.8, 4) is 11.5 Å². The predicted octanol–water partition coefficient (Wildman–Crippen LogP) is 1.68. The van der Waals surface area contributed by atoms with Crippen molar-refractivity contribution < 1.29 is 19.0 Å². The zero-order chi connectivity index (χ0) is 17.8. The van der Waals surface area contributed by atoms with Gasteiger partial charge in [-0.15, -0.1) is 0 Å². The van der Waals surface area contributed by atoms with Crippen LogP contribution in [-0.4, -0.2) is 42.6 Å². The summed E-state index contributed by atoms with van der Waals surface area (Å²) in [7, 11) is 1.53. The largest absolute Gasteiger partial charge is 0.486 e. The van der Waals surface area contributed by atoms with Crippen molar-refractivity contribution >= 4 is 27.5 Å². The molecule has 0 radical (unpaired) electrons. The zero-order valence-electron chi connectivity index (χ0n) is 13.5. The van der Waals surface area contributed by atoms with Crippen LogP contribution in [0.15, 0.2) is 33.5 Å². The smallest absolute Gasteiger partial charge is 0.276 e. The normalized spacial score (nSPS) is 12.7. The van der Waals surface area contributed by atoms with Gasteiger partial charge in [0.1, 0.15) is 18.9 Å². The van der Waals surface area contributed by atoms with Crippen molar-refractivity contribution in [3.63, 3.8) is 0 Å². The molecule has 0 unspecified atom stereocenters. The Morgan fingerprint density at radius 1 is 1.32 bits per heavy atom. The Hall–Kier alpha value is -2.39. The molecule has 8 nitrogen and oxygen atoms in total. The van der Waals surface area contributed by atoms with Crippen LogP contribution in [0.4, 0.5) is 5.69 Å². The molecule has 1 aliphatic heterocycles. The second-order valence-electron chi connectivity index (χ2n) is 5.20. The Morgan fingerprint density at radius 2 is 2.04 bits per heavy atom. The quantitative estimate of drug-likeness (QED) is 0.807. The molecule has 0 saturated carbocycles. The second kappa shape index (κ2) is 7.66. The Morgan fingerprint density at radius 3 is 2.76 bits per heavy atom. The molecule has 0 bridgehead atoms. The summed E-state index contributed by atoms with van der Waals surface area (Å²) in [6, 6.07) is 6.10. The van der Waals surface area contributed by atoms with Crippen molar-refractivity contribution in [2.75, 3.05) is 32.2 Å². The van der Waals surface area contributed by atoms with Crippen LogP contribution in [-0.2, 0) is 11.3 Å². The summed E-state index contributed by atoms with van der Waals surface area (Å²) >= 11 is 3.39. The van der Waals surface area contributed by atoms with Gasteiger partial charge in [-0.2, -0.15) is 5.10 Å². The van der Waals surface area contributed by atoms with E-state index in [0.29, 0.717) is 41.5 Å². The molecule has 0 aliphatic carbocycles. The molecule has 0 fully saturated rings. The summed E-state index contributed by atoms with van der Waals surface area (Å²) in [4.78, 5) is 24.2. The number of methoxy groups -OCH3 is 1. The van der Waals surface area contributed by atoms with Gasteiger partial charge < -0.3 is 19.5 Å². The van der Waals surface area contributed by atoms with Gasteiger partial charge in [0.25, 0.3) is 11.5 Å². The van der Waals surface area contributed by atoms with Gasteiger partial charge in [0.05, 0.1) is 18.8 Å². The zero-order valence-corrected chi connectivity index (χ0v) is 15.0. The number of rotatable bonds is 5. The Bertz CT molecular complexity index is 852. The molecule has 1 aromatic carbocycles. The number of fused-ring (bicyclic) bond motifs is 1. The number of hydrogen-bond donors (Lipinski definition) is 1. The number of nitrogens with zero attached hydrogens (tertiary/aromatic N) is 2. The highest BCUT2D eigenvalue weighted by Gasteiger charge is 2.17. The lowest BCUT2D eigenvalue weighted by Crippen LogP contribution is -2.27. The van der Waals surface area contributed by atoms with Crippen molar-refractivity contribution in [1.29, 1.82) is 0 Å². The van der Waals surface area contributed by atoms with Gasteiger partial charge in [-0.3, -0.25) is 9.59 Å². The van der Waals surface area contributed by atoms with Crippen LogP contribution in [0.3, 0.4) is 0 Å². The van der Waals surface area contributed by atoms with Crippen molar-refractivity contribution in [3.05, 3.63) is 44.8 Å². The number of carbonyl (C=O) groups excluding carboxylic acids is 1. The molecule has 0 saturated heterocycles. The maximum Gasteiger partial charge on any atom is 0.276 e. The van der Waals surface area contributed by atoms with Gasteiger partial charge in [0.15, 0.2) is 11.5 Å². The van der Waals surface area contributed by atoms with Crippen molar-refractivity contribution in [2.45, 2.75) is 6.54 Å². The van der Waals surface area contributed by atoms with E-state index in [2.05, 4.69) is 26.3 Å². The van der Waals surface area contributed by atoms with E-state index in [4.69, 9.17) is 14.2 Å². The van der Waals surface area contributed by atoms with Crippen LogP contribution in [0.25, 0.3) is 0 Å². The number of benzene rings is 1. The number of aromatic nitrogens is 2. The number of halogens is 1. The SMILES string of the molecule is COCCn1nc(C(=O)Nc2cc3c(cc2Br)OCCO3)ccc1=O. The molecule has 0 spiro atoms. The minimum absolute atomic E-state index is 0.123. The molecular weight excluding hydrogens is 394 g/mol. The molecule has 25 heavy (non-hydrogen) atoms. The van der Waals surface area contributed by atoms with Crippen LogP contribution >= 0.6 is 15.9 Å². The average molecular weight is 410 g/mol. The van der Waals surface area contributed by atoms with Gasteiger partial charge in [0.2, 0.25) is 0 Å². The Balaban J connectivity index is 1.81. The lowest BCUT2D eigenvalue weighted by atomic mass is 10.2. The van der Waals surface area contributed by atoms with Crippen LogP contribution in [0, 0.1) is 0 Å². The number of nitrogens with one attached hydrogen (secondary N) is 1. The van der Waals surface area contributed by atoms with Gasteiger partial charge in [-0.25, -0.2) is 4.68 Å². The minimum atomic E-state index is -0.441. The Labute approximate surface area is 151 Å².